The highest BCUT2D eigenvalue weighted by Gasteiger charge is 2.20. The molecule has 8 heteroatoms. The van der Waals surface area contributed by atoms with Gasteiger partial charge in [-0.15, -0.1) is 0 Å². The van der Waals surface area contributed by atoms with Crippen LogP contribution >= 0.6 is 0 Å². The second-order valence-electron chi connectivity index (χ2n) is 6.23. The Morgan fingerprint density at radius 1 is 1.22 bits per heavy atom. The van der Waals surface area contributed by atoms with E-state index in [0.717, 1.165) is 5.39 Å². The Morgan fingerprint density at radius 2 is 1.96 bits per heavy atom. The number of amides is 1. The highest BCUT2D eigenvalue weighted by atomic mass is 32.2. The number of hydrogen-bond acceptors (Lipinski definition) is 5. The minimum Gasteiger partial charge on any atom is -0.497 e. The van der Waals surface area contributed by atoms with E-state index >= 15 is 0 Å². The zero-order valence-electron chi connectivity index (χ0n) is 15.1. The molecule has 1 atom stereocenters. The Labute approximate surface area is 157 Å². The first-order chi connectivity index (χ1) is 12.7. The second kappa shape index (κ2) is 7.05. The molecule has 0 aliphatic rings. The van der Waals surface area contributed by atoms with Crippen LogP contribution in [-0.2, 0) is 10.0 Å². The van der Waals surface area contributed by atoms with Crippen molar-refractivity contribution in [2.24, 2.45) is 5.14 Å². The lowest BCUT2D eigenvalue weighted by Crippen LogP contribution is -2.27. The smallest absolute Gasteiger partial charge is 0.287 e. The van der Waals surface area contributed by atoms with Crippen LogP contribution in [0.2, 0.25) is 0 Å². The lowest BCUT2D eigenvalue weighted by atomic mass is 10.1. The summed E-state index contributed by atoms with van der Waals surface area (Å²) in [6.07, 6.45) is 0. The van der Waals surface area contributed by atoms with E-state index in [1.807, 2.05) is 6.07 Å². The summed E-state index contributed by atoms with van der Waals surface area (Å²) >= 11 is 0. The van der Waals surface area contributed by atoms with Gasteiger partial charge < -0.3 is 14.5 Å². The van der Waals surface area contributed by atoms with Gasteiger partial charge >= 0.3 is 0 Å². The number of carbonyl (C=O) groups is 1. The molecular formula is C19H20N2O5S. The van der Waals surface area contributed by atoms with Crippen LogP contribution in [0.25, 0.3) is 11.0 Å². The van der Waals surface area contributed by atoms with Gasteiger partial charge in [0.1, 0.15) is 11.3 Å². The standard InChI is InChI=1S/C19H20N2O5S/c1-11-16-10-14(25-3)7-8-17(16)26-18(11)19(22)21-12(2)13-5-4-6-15(9-13)27(20,23)24/h4-10,12H,1-3H3,(H,21,22)(H2,20,23,24). The van der Waals surface area contributed by atoms with Crippen molar-refractivity contribution in [3.05, 3.63) is 59.4 Å². The summed E-state index contributed by atoms with van der Waals surface area (Å²) in [5, 5.41) is 8.78. The van der Waals surface area contributed by atoms with Crippen LogP contribution in [-0.4, -0.2) is 21.4 Å². The van der Waals surface area contributed by atoms with Crippen molar-refractivity contribution in [1.29, 1.82) is 0 Å². The van der Waals surface area contributed by atoms with Gasteiger partial charge in [-0.05, 0) is 49.7 Å². The van der Waals surface area contributed by atoms with Crippen LogP contribution in [0.1, 0.15) is 34.6 Å². The van der Waals surface area contributed by atoms with Gasteiger partial charge in [-0.2, -0.15) is 0 Å². The van der Waals surface area contributed by atoms with E-state index in [1.54, 1.807) is 45.2 Å². The first-order valence-electron chi connectivity index (χ1n) is 8.21. The van der Waals surface area contributed by atoms with Crippen molar-refractivity contribution < 1.29 is 22.4 Å². The molecule has 0 saturated carbocycles. The number of primary sulfonamides is 1. The summed E-state index contributed by atoms with van der Waals surface area (Å²) in [6, 6.07) is 11.0. The van der Waals surface area contributed by atoms with Crippen LogP contribution in [0, 0.1) is 6.92 Å². The average Bonchev–Trinajstić information content (AvgIpc) is 2.97. The Hall–Kier alpha value is -2.84. The molecule has 3 N–H and O–H groups in total. The van der Waals surface area contributed by atoms with E-state index in [2.05, 4.69) is 5.32 Å². The first kappa shape index (κ1) is 18.9. The van der Waals surface area contributed by atoms with Gasteiger partial charge in [-0.25, -0.2) is 13.6 Å². The minimum atomic E-state index is -3.81. The Morgan fingerprint density at radius 3 is 2.63 bits per heavy atom. The fraction of sp³-hybridized carbons (Fsp3) is 0.211. The maximum absolute atomic E-state index is 12.7. The third-order valence-electron chi connectivity index (χ3n) is 4.38. The number of nitrogens with one attached hydrogen (secondary N) is 1. The summed E-state index contributed by atoms with van der Waals surface area (Å²) < 4.78 is 33.9. The number of nitrogens with two attached hydrogens (primary N) is 1. The van der Waals surface area contributed by atoms with Crippen LogP contribution in [0.5, 0.6) is 5.75 Å². The third kappa shape index (κ3) is 3.81. The minimum absolute atomic E-state index is 0.00638. The van der Waals surface area contributed by atoms with E-state index < -0.39 is 22.0 Å². The number of benzene rings is 2. The summed E-state index contributed by atoms with van der Waals surface area (Å²) in [6.45, 7) is 3.55. The van der Waals surface area contributed by atoms with E-state index in [1.165, 1.54) is 12.1 Å². The highest BCUT2D eigenvalue weighted by Crippen LogP contribution is 2.29. The number of sulfonamides is 1. The Balaban J connectivity index is 1.87. The maximum Gasteiger partial charge on any atom is 0.287 e. The lowest BCUT2D eigenvalue weighted by Gasteiger charge is -2.14. The molecule has 1 amide bonds. The molecule has 0 saturated heterocycles. The lowest BCUT2D eigenvalue weighted by molar-refractivity contribution is 0.0913. The molecule has 27 heavy (non-hydrogen) atoms. The third-order valence-corrected chi connectivity index (χ3v) is 5.29. The number of methoxy groups -OCH3 is 1. The van der Waals surface area contributed by atoms with Crippen molar-refractivity contribution in [2.75, 3.05) is 7.11 Å². The largest absolute Gasteiger partial charge is 0.497 e. The predicted molar refractivity (Wildman–Crippen MR) is 101 cm³/mol. The molecule has 142 valence electrons. The van der Waals surface area contributed by atoms with Gasteiger partial charge in [-0.3, -0.25) is 4.79 Å². The van der Waals surface area contributed by atoms with Crippen LogP contribution < -0.4 is 15.2 Å². The molecule has 1 aromatic heterocycles. The quantitative estimate of drug-likeness (QED) is 0.698. The maximum atomic E-state index is 12.7. The molecule has 0 aliphatic carbocycles. The van der Waals surface area contributed by atoms with E-state index in [-0.39, 0.29) is 10.7 Å². The van der Waals surface area contributed by atoms with Crippen LogP contribution in [0.4, 0.5) is 0 Å². The van der Waals surface area contributed by atoms with Gasteiger partial charge in [-0.1, -0.05) is 12.1 Å². The highest BCUT2D eigenvalue weighted by molar-refractivity contribution is 7.89. The normalized spacial score (nSPS) is 12.7. The molecule has 3 aromatic rings. The van der Waals surface area contributed by atoms with E-state index in [4.69, 9.17) is 14.3 Å². The number of rotatable bonds is 5. The van der Waals surface area contributed by atoms with Crippen molar-refractivity contribution in [2.45, 2.75) is 24.8 Å². The fourth-order valence-corrected chi connectivity index (χ4v) is 3.42. The summed E-state index contributed by atoms with van der Waals surface area (Å²) in [4.78, 5) is 12.7. The number of hydrogen-bond donors (Lipinski definition) is 2. The number of carbonyl (C=O) groups excluding carboxylic acids is 1. The molecule has 0 radical (unpaired) electrons. The molecule has 3 rings (SSSR count). The summed E-state index contributed by atoms with van der Waals surface area (Å²) in [5.74, 6) is 0.482. The van der Waals surface area contributed by atoms with Crippen molar-refractivity contribution in [1.82, 2.24) is 5.32 Å². The van der Waals surface area contributed by atoms with Gasteiger partial charge in [0.25, 0.3) is 5.91 Å². The molecule has 0 fully saturated rings. The number of fused-ring (bicyclic) bond motifs is 1. The molecule has 0 bridgehead atoms. The number of aryl methyl sites for hydroxylation is 1. The fourth-order valence-electron chi connectivity index (χ4n) is 2.85. The van der Waals surface area contributed by atoms with Crippen molar-refractivity contribution in [3.8, 4) is 5.75 Å². The zero-order valence-corrected chi connectivity index (χ0v) is 16.0. The molecule has 0 spiro atoms. The number of ether oxygens (including phenoxy) is 1. The average molecular weight is 388 g/mol. The van der Waals surface area contributed by atoms with Crippen molar-refractivity contribution >= 4 is 26.9 Å². The Bertz CT molecular complexity index is 1120. The molecule has 1 heterocycles. The Kier molecular flexibility index (Phi) is 4.95. The molecule has 0 aliphatic heterocycles. The first-order valence-corrected chi connectivity index (χ1v) is 9.76. The zero-order chi connectivity index (χ0) is 19.8. The van der Waals surface area contributed by atoms with Crippen LogP contribution in [0.3, 0.4) is 0 Å². The predicted octanol–water partition coefficient (Wildman–Crippen LogP) is 2.89. The molecule has 1 unspecified atom stereocenters. The summed E-state index contributed by atoms with van der Waals surface area (Å²) in [5.41, 5.74) is 1.90. The van der Waals surface area contributed by atoms with Gasteiger partial charge in [0.05, 0.1) is 18.0 Å². The number of furan rings is 1. The van der Waals surface area contributed by atoms with Gasteiger partial charge in [0.15, 0.2) is 5.76 Å². The summed E-state index contributed by atoms with van der Waals surface area (Å²) in [7, 11) is -2.24. The van der Waals surface area contributed by atoms with E-state index in [0.29, 0.717) is 22.5 Å². The molecular weight excluding hydrogens is 368 g/mol. The SMILES string of the molecule is COc1ccc2oc(C(=O)NC(C)c3cccc(S(N)(=O)=O)c3)c(C)c2c1. The van der Waals surface area contributed by atoms with Crippen LogP contribution in [0.15, 0.2) is 51.8 Å². The van der Waals surface area contributed by atoms with Gasteiger partial charge in [0, 0.05) is 10.9 Å². The second-order valence-corrected chi connectivity index (χ2v) is 7.79. The molecule has 2 aromatic carbocycles. The van der Waals surface area contributed by atoms with Crippen molar-refractivity contribution in [3.63, 3.8) is 0 Å². The van der Waals surface area contributed by atoms with Gasteiger partial charge in [0.2, 0.25) is 10.0 Å². The monoisotopic (exact) mass is 388 g/mol. The topological polar surface area (TPSA) is 112 Å². The van der Waals surface area contributed by atoms with E-state index in [9.17, 15) is 13.2 Å². The molecule has 7 nitrogen and oxygen atoms in total.